The number of nitrogens with one attached hydrogen (secondary N) is 2. The van der Waals surface area contributed by atoms with E-state index in [9.17, 15) is 4.79 Å². The van der Waals surface area contributed by atoms with Crippen LogP contribution in [0.3, 0.4) is 0 Å². The molecule has 2 aliphatic carbocycles. The molecule has 0 aromatic heterocycles. The Hall–Kier alpha value is -0.320. The summed E-state index contributed by atoms with van der Waals surface area (Å²) >= 11 is 0. The van der Waals surface area contributed by atoms with Gasteiger partial charge in [-0.1, -0.05) is 26.7 Å². The molecule has 2 aliphatic heterocycles. The minimum atomic E-state index is 0. The first kappa shape index (κ1) is 16.5. The molecule has 2 saturated carbocycles. The molecular weight excluding hydrogens is 300 g/mol. The maximum Gasteiger partial charge on any atom is 0.237 e. The first-order valence-corrected chi connectivity index (χ1v) is 8.75. The molecule has 126 valence electrons. The van der Waals surface area contributed by atoms with E-state index in [2.05, 4.69) is 24.5 Å². The highest BCUT2D eigenvalue weighted by Crippen LogP contribution is 2.52. The van der Waals surface area contributed by atoms with Crippen molar-refractivity contribution in [2.45, 2.75) is 76.6 Å². The molecule has 2 heterocycles. The zero-order valence-electron chi connectivity index (χ0n) is 13.6. The number of carbonyl (C=O) groups is 1. The van der Waals surface area contributed by atoms with Crippen LogP contribution in [0.1, 0.15) is 52.4 Å². The zero-order chi connectivity index (χ0) is 14.6. The molecule has 1 amide bonds. The van der Waals surface area contributed by atoms with Crippen LogP contribution in [0.5, 0.6) is 0 Å². The fourth-order valence-corrected chi connectivity index (χ4v) is 5.39. The van der Waals surface area contributed by atoms with E-state index in [1.54, 1.807) is 0 Å². The van der Waals surface area contributed by atoms with Gasteiger partial charge in [0.1, 0.15) is 0 Å². The van der Waals surface area contributed by atoms with Crippen LogP contribution in [0.15, 0.2) is 0 Å². The third-order valence-corrected chi connectivity index (χ3v) is 6.58. The number of amides is 1. The van der Waals surface area contributed by atoms with E-state index < -0.39 is 0 Å². The lowest BCUT2D eigenvalue weighted by molar-refractivity contribution is -0.139. The summed E-state index contributed by atoms with van der Waals surface area (Å²) in [6.07, 6.45) is 7.70. The first-order valence-electron chi connectivity index (χ1n) is 8.75. The molecule has 6 unspecified atom stereocenters. The summed E-state index contributed by atoms with van der Waals surface area (Å²) in [5, 5.41) is 6.94. The number of halogens is 1. The first-order chi connectivity index (χ1) is 10.1. The van der Waals surface area contributed by atoms with Gasteiger partial charge in [-0.25, -0.2) is 0 Å². The van der Waals surface area contributed by atoms with E-state index in [1.165, 1.54) is 25.7 Å². The second-order valence-electron chi connectivity index (χ2n) is 8.16. The largest absolute Gasteiger partial charge is 0.377 e. The van der Waals surface area contributed by atoms with E-state index in [0.717, 1.165) is 25.4 Å². The Labute approximate surface area is 139 Å². The molecule has 0 aromatic carbocycles. The lowest BCUT2D eigenvalue weighted by Gasteiger charge is -2.54. The molecular formula is C17H29ClN2O2. The summed E-state index contributed by atoms with van der Waals surface area (Å²) in [5.74, 6) is 1.49. The average molecular weight is 329 g/mol. The van der Waals surface area contributed by atoms with Gasteiger partial charge in [-0.05, 0) is 31.6 Å². The molecule has 2 N–H and O–H groups in total. The van der Waals surface area contributed by atoms with Crippen LogP contribution >= 0.6 is 12.4 Å². The van der Waals surface area contributed by atoms with Crippen molar-refractivity contribution in [1.82, 2.24) is 10.6 Å². The average Bonchev–Trinajstić information content (AvgIpc) is 3.09. The molecule has 4 fully saturated rings. The zero-order valence-corrected chi connectivity index (χ0v) is 14.5. The molecule has 6 atom stereocenters. The van der Waals surface area contributed by atoms with Gasteiger partial charge >= 0.3 is 0 Å². The minimum absolute atomic E-state index is 0. The molecule has 0 radical (unpaired) electrons. The standard InChI is InChI=1S/C17H28N2O2.ClH/c1-17(2)14(11-7-8-21-15(11)17)19-16(20)13-9-10-5-3-4-6-12(10)18-13;/h10-15,18H,3-9H2,1-2H3,(H,19,20);1H. The van der Waals surface area contributed by atoms with Gasteiger partial charge in [0.25, 0.3) is 0 Å². The third-order valence-electron chi connectivity index (χ3n) is 6.58. The van der Waals surface area contributed by atoms with E-state index >= 15 is 0 Å². The van der Waals surface area contributed by atoms with Crippen molar-refractivity contribution in [1.29, 1.82) is 0 Å². The van der Waals surface area contributed by atoms with Crippen molar-refractivity contribution in [3.05, 3.63) is 0 Å². The van der Waals surface area contributed by atoms with Crippen molar-refractivity contribution in [2.75, 3.05) is 6.61 Å². The maximum absolute atomic E-state index is 12.7. The smallest absolute Gasteiger partial charge is 0.237 e. The number of hydrogen-bond donors (Lipinski definition) is 2. The Morgan fingerprint density at radius 1 is 1.23 bits per heavy atom. The molecule has 0 aromatic rings. The van der Waals surface area contributed by atoms with Gasteiger partial charge < -0.3 is 15.4 Å². The summed E-state index contributed by atoms with van der Waals surface area (Å²) < 4.78 is 5.81. The Balaban J connectivity index is 0.00000144. The number of carbonyl (C=O) groups excluding carboxylic acids is 1. The third kappa shape index (κ3) is 2.47. The molecule has 22 heavy (non-hydrogen) atoms. The van der Waals surface area contributed by atoms with E-state index in [4.69, 9.17) is 4.74 Å². The fraction of sp³-hybridized carbons (Fsp3) is 0.941. The van der Waals surface area contributed by atoms with E-state index in [-0.39, 0.29) is 29.8 Å². The second-order valence-corrected chi connectivity index (χ2v) is 8.16. The Morgan fingerprint density at radius 3 is 2.77 bits per heavy atom. The Kier molecular flexibility index (Phi) is 4.47. The van der Waals surface area contributed by atoms with E-state index in [1.807, 2.05) is 0 Å². The normalized spacial score (nSPS) is 45.2. The Bertz CT molecular complexity index is 428. The number of fused-ring (bicyclic) bond motifs is 2. The summed E-state index contributed by atoms with van der Waals surface area (Å²) in [7, 11) is 0. The molecule has 0 spiro atoms. The van der Waals surface area contributed by atoms with Crippen molar-refractivity contribution in [3.8, 4) is 0 Å². The van der Waals surface area contributed by atoms with Gasteiger partial charge in [0.2, 0.25) is 5.91 Å². The van der Waals surface area contributed by atoms with Gasteiger partial charge in [0, 0.05) is 30.0 Å². The summed E-state index contributed by atoms with van der Waals surface area (Å²) in [4.78, 5) is 12.7. The van der Waals surface area contributed by atoms with Gasteiger partial charge in [0.05, 0.1) is 12.1 Å². The minimum Gasteiger partial charge on any atom is -0.377 e. The van der Waals surface area contributed by atoms with Crippen LogP contribution in [0, 0.1) is 17.3 Å². The van der Waals surface area contributed by atoms with Crippen molar-refractivity contribution in [2.24, 2.45) is 17.3 Å². The SMILES string of the molecule is CC1(C)C(NC(=O)C2CC3CCCCC3N2)C2CCOC21.Cl. The second kappa shape index (κ2) is 5.95. The maximum atomic E-state index is 12.7. The number of ether oxygens (including phenoxy) is 1. The predicted molar refractivity (Wildman–Crippen MR) is 88.1 cm³/mol. The van der Waals surface area contributed by atoms with Crippen LogP contribution in [-0.4, -0.2) is 36.7 Å². The van der Waals surface area contributed by atoms with Gasteiger partial charge in [-0.3, -0.25) is 4.79 Å². The van der Waals surface area contributed by atoms with Gasteiger partial charge in [-0.15, -0.1) is 12.4 Å². The number of hydrogen-bond acceptors (Lipinski definition) is 3. The van der Waals surface area contributed by atoms with Crippen LogP contribution in [-0.2, 0) is 9.53 Å². The highest BCUT2D eigenvalue weighted by Gasteiger charge is 2.60. The summed E-state index contributed by atoms with van der Waals surface area (Å²) in [5.41, 5.74) is 0.0855. The molecule has 4 rings (SSSR count). The summed E-state index contributed by atoms with van der Waals surface area (Å²) in [6.45, 7) is 5.32. The predicted octanol–water partition coefficient (Wildman–Crippen LogP) is 2.26. The van der Waals surface area contributed by atoms with Crippen molar-refractivity contribution >= 4 is 18.3 Å². The van der Waals surface area contributed by atoms with Crippen molar-refractivity contribution in [3.63, 3.8) is 0 Å². The van der Waals surface area contributed by atoms with E-state index in [0.29, 0.717) is 24.1 Å². The topological polar surface area (TPSA) is 50.4 Å². The molecule has 4 nitrogen and oxygen atoms in total. The molecule has 0 bridgehead atoms. The van der Waals surface area contributed by atoms with Crippen LogP contribution in [0.4, 0.5) is 0 Å². The van der Waals surface area contributed by atoms with Crippen LogP contribution < -0.4 is 10.6 Å². The highest BCUT2D eigenvalue weighted by molar-refractivity contribution is 5.85. The summed E-state index contributed by atoms with van der Waals surface area (Å²) in [6, 6.07) is 0.920. The lowest BCUT2D eigenvalue weighted by Crippen LogP contribution is -2.68. The van der Waals surface area contributed by atoms with Crippen molar-refractivity contribution < 1.29 is 9.53 Å². The van der Waals surface area contributed by atoms with Gasteiger partial charge in [-0.2, -0.15) is 0 Å². The lowest BCUT2D eigenvalue weighted by atomic mass is 9.57. The molecule has 2 saturated heterocycles. The highest BCUT2D eigenvalue weighted by atomic mass is 35.5. The number of rotatable bonds is 2. The monoisotopic (exact) mass is 328 g/mol. The molecule has 5 heteroatoms. The quantitative estimate of drug-likeness (QED) is 0.817. The fourth-order valence-electron chi connectivity index (χ4n) is 5.39. The van der Waals surface area contributed by atoms with Crippen LogP contribution in [0.2, 0.25) is 0 Å². The Morgan fingerprint density at radius 2 is 2.00 bits per heavy atom. The molecule has 4 aliphatic rings. The van der Waals surface area contributed by atoms with Gasteiger partial charge in [0.15, 0.2) is 0 Å². The van der Waals surface area contributed by atoms with Crippen LogP contribution in [0.25, 0.3) is 0 Å².